The first kappa shape index (κ1) is 17.1. The predicted octanol–water partition coefficient (Wildman–Crippen LogP) is 4.03. The molecule has 3 aromatic rings. The minimum absolute atomic E-state index is 0.0881. The van der Waals surface area contributed by atoms with Crippen molar-refractivity contribution in [3.63, 3.8) is 0 Å². The van der Waals surface area contributed by atoms with Crippen molar-refractivity contribution in [2.45, 2.75) is 12.5 Å². The maximum absolute atomic E-state index is 13.4. The lowest BCUT2D eigenvalue weighted by Gasteiger charge is -2.17. The summed E-state index contributed by atoms with van der Waals surface area (Å²) in [7, 11) is 1.55. The first-order valence-electron chi connectivity index (χ1n) is 8.19. The Balaban J connectivity index is 1.66. The van der Waals surface area contributed by atoms with Crippen molar-refractivity contribution in [1.82, 2.24) is 5.32 Å². The van der Waals surface area contributed by atoms with Crippen LogP contribution in [0.2, 0.25) is 0 Å². The molecule has 3 nitrogen and oxygen atoms in total. The molecule has 0 bridgehead atoms. The van der Waals surface area contributed by atoms with Crippen molar-refractivity contribution in [2.24, 2.45) is 0 Å². The highest BCUT2D eigenvalue weighted by Gasteiger charge is 2.13. The number of benzene rings is 3. The average Bonchev–Trinajstić information content (AvgIpc) is 2.63. The van der Waals surface area contributed by atoms with E-state index < -0.39 is 0 Å². The quantitative estimate of drug-likeness (QED) is 0.738. The minimum atomic E-state index is -0.382. The molecule has 25 heavy (non-hydrogen) atoms. The molecular formula is C21H20FNO2. The van der Waals surface area contributed by atoms with Crippen LogP contribution in [0.5, 0.6) is 0 Å². The number of hydrogen-bond acceptors (Lipinski definition) is 2. The van der Waals surface area contributed by atoms with E-state index in [0.717, 1.165) is 16.3 Å². The maximum Gasteiger partial charge on any atom is 0.224 e. The van der Waals surface area contributed by atoms with Crippen molar-refractivity contribution < 1.29 is 13.9 Å². The van der Waals surface area contributed by atoms with Gasteiger partial charge in [-0.1, -0.05) is 54.6 Å². The zero-order valence-corrected chi connectivity index (χ0v) is 14.0. The Labute approximate surface area is 146 Å². The van der Waals surface area contributed by atoms with Crippen LogP contribution in [0, 0.1) is 5.82 Å². The molecule has 0 fully saturated rings. The Hall–Kier alpha value is -2.72. The molecule has 0 aliphatic heterocycles. The molecule has 3 aromatic carbocycles. The molecule has 1 amide bonds. The zero-order chi connectivity index (χ0) is 17.6. The number of fused-ring (bicyclic) bond motifs is 1. The van der Waals surface area contributed by atoms with Gasteiger partial charge in [-0.3, -0.25) is 4.79 Å². The molecule has 4 heteroatoms. The van der Waals surface area contributed by atoms with Crippen LogP contribution in [-0.2, 0) is 16.0 Å². The maximum atomic E-state index is 13.4. The van der Waals surface area contributed by atoms with Gasteiger partial charge in [0.05, 0.1) is 12.5 Å². The van der Waals surface area contributed by atoms with Gasteiger partial charge in [0.1, 0.15) is 5.82 Å². The standard InChI is InChI=1S/C21H20FNO2/c1-25-20(17-9-5-10-18(22)12-17)14-23-21(24)13-16-8-4-7-15-6-2-3-11-19(15)16/h2-12,20H,13-14H2,1H3,(H,23,24)/t20-/m0/s1. The number of carbonyl (C=O) groups is 1. The summed E-state index contributed by atoms with van der Waals surface area (Å²) in [5.41, 5.74) is 1.68. The topological polar surface area (TPSA) is 38.3 Å². The van der Waals surface area contributed by atoms with Crippen LogP contribution in [0.4, 0.5) is 4.39 Å². The summed E-state index contributed by atoms with van der Waals surface area (Å²) >= 11 is 0. The highest BCUT2D eigenvalue weighted by Crippen LogP contribution is 2.19. The van der Waals surface area contributed by atoms with E-state index in [1.165, 1.54) is 12.1 Å². The number of hydrogen-bond donors (Lipinski definition) is 1. The van der Waals surface area contributed by atoms with E-state index >= 15 is 0 Å². The smallest absolute Gasteiger partial charge is 0.224 e. The van der Waals surface area contributed by atoms with Crippen LogP contribution in [-0.4, -0.2) is 19.6 Å². The van der Waals surface area contributed by atoms with Gasteiger partial charge in [0, 0.05) is 13.7 Å². The largest absolute Gasteiger partial charge is 0.375 e. The lowest BCUT2D eigenvalue weighted by Crippen LogP contribution is -2.30. The number of halogens is 1. The third-order valence-electron chi connectivity index (χ3n) is 4.22. The Morgan fingerprint density at radius 2 is 1.84 bits per heavy atom. The molecule has 0 aliphatic carbocycles. The van der Waals surface area contributed by atoms with E-state index in [4.69, 9.17) is 4.74 Å². The van der Waals surface area contributed by atoms with Gasteiger partial charge in [-0.15, -0.1) is 0 Å². The average molecular weight is 337 g/mol. The lowest BCUT2D eigenvalue weighted by molar-refractivity contribution is -0.121. The summed E-state index contributed by atoms with van der Waals surface area (Å²) in [4.78, 5) is 12.3. The van der Waals surface area contributed by atoms with Gasteiger partial charge in [0.25, 0.3) is 0 Å². The minimum Gasteiger partial charge on any atom is -0.375 e. The van der Waals surface area contributed by atoms with E-state index in [-0.39, 0.29) is 17.8 Å². The van der Waals surface area contributed by atoms with Gasteiger partial charge in [0.15, 0.2) is 0 Å². The third kappa shape index (κ3) is 4.22. The van der Waals surface area contributed by atoms with Crippen LogP contribution in [0.1, 0.15) is 17.2 Å². The summed E-state index contributed by atoms with van der Waals surface area (Å²) in [6.07, 6.45) is -0.0897. The first-order valence-corrected chi connectivity index (χ1v) is 8.19. The molecule has 0 saturated heterocycles. The molecule has 1 atom stereocenters. The molecule has 1 N–H and O–H groups in total. The van der Waals surface area contributed by atoms with Crippen molar-refractivity contribution in [3.05, 3.63) is 83.7 Å². The van der Waals surface area contributed by atoms with E-state index in [1.54, 1.807) is 19.2 Å². The Bertz CT molecular complexity index is 873. The molecule has 0 saturated carbocycles. The van der Waals surface area contributed by atoms with Crippen molar-refractivity contribution in [3.8, 4) is 0 Å². The molecular weight excluding hydrogens is 317 g/mol. The van der Waals surface area contributed by atoms with Gasteiger partial charge in [-0.2, -0.15) is 0 Å². The van der Waals surface area contributed by atoms with E-state index in [1.807, 2.05) is 42.5 Å². The SMILES string of the molecule is CO[C@@H](CNC(=O)Cc1cccc2ccccc12)c1cccc(F)c1. The van der Waals surface area contributed by atoms with Crippen molar-refractivity contribution >= 4 is 16.7 Å². The van der Waals surface area contributed by atoms with Crippen molar-refractivity contribution in [2.75, 3.05) is 13.7 Å². The van der Waals surface area contributed by atoms with Gasteiger partial charge < -0.3 is 10.1 Å². The summed E-state index contributed by atoms with van der Waals surface area (Å²) in [6, 6.07) is 20.2. The Kier molecular flexibility index (Phi) is 5.41. The third-order valence-corrected chi connectivity index (χ3v) is 4.22. The summed E-state index contributed by atoms with van der Waals surface area (Å²) in [5, 5.41) is 5.07. The number of nitrogens with one attached hydrogen (secondary N) is 1. The molecule has 0 heterocycles. The monoisotopic (exact) mass is 337 g/mol. The molecule has 0 aliphatic rings. The molecule has 0 aromatic heterocycles. The van der Waals surface area contributed by atoms with Gasteiger partial charge >= 0.3 is 0 Å². The normalized spacial score (nSPS) is 12.1. The van der Waals surface area contributed by atoms with Crippen LogP contribution >= 0.6 is 0 Å². The Morgan fingerprint density at radius 1 is 1.08 bits per heavy atom. The fourth-order valence-electron chi connectivity index (χ4n) is 2.93. The second-order valence-electron chi connectivity index (χ2n) is 5.90. The molecule has 3 rings (SSSR count). The summed E-state index contributed by atoms with van der Waals surface area (Å²) in [6.45, 7) is 0.295. The zero-order valence-electron chi connectivity index (χ0n) is 14.0. The molecule has 0 radical (unpaired) electrons. The second kappa shape index (κ2) is 7.90. The van der Waals surface area contributed by atoms with Gasteiger partial charge in [-0.05, 0) is 34.0 Å². The Morgan fingerprint density at radius 3 is 2.64 bits per heavy atom. The van der Waals surface area contributed by atoms with Crippen LogP contribution in [0.25, 0.3) is 10.8 Å². The molecule has 128 valence electrons. The summed E-state index contributed by atoms with van der Waals surface area (Å²) < 4.78 is 18.7. The molecule has 0 unspecified atom stereocenters. The number of rotatable bonds is 6. The highest BCUT2D eigenvalue weighted by molar-refractivity contribution is 5.90. The fourth-order valence-corrected chi connectivity index (χ4v) is 2.93. The van der Waals surface area contributed by atoms with E-state index in [0.29, 0.717) is 18.5 Å². The van der Waals surface area contributed by atoms with Gasteiger partial charge in [0.2, 0.25) is 5.91 Å². The van der Waals surface area contributed by atoms with Crippen LogP contribution < -0.4 is 5.32 Å². The van der Waals surface area contributed by atoms with E-state index in [2.05, 4.69) is 5.32 Å². The number of ether oxygens (including phenoxy) is 1. The second-order valence-corrected chi connectivity index (χ2v) is 5.90. The number of amides is 1. The van der Waals surface area contributed by atoms with Gasteiger partial charge in [-0.25, -0.2) is 4.39 Å². The predicted molar refractivity (Wildman–Crippen MR) is 96.8 cm³/mol. The number of methoxy groups -OCH3 is 1. The highest BCUT2D eigenvalue weighted by atomic mass is 19.1. The fraction of sp³-hybridized carbons (Fsp3) is 0.190. The van der Waals surface area contributed by atoms with Crippen LogP contribution in [0.15, 0.2) is 66.7 Å². The summed E-state index contributed by atoms with van der Waals surface area (Å²) in [5.74, 6) is -0.406. The molecule has 0 spiro atoms. The van der Waals surface area contributed by atoms with E-state index in [9.17, 15) is 9.18 Å². The van der Waals surface area contributed by atoms with Crippen molar-refractivity contribution in [1.29, 1.82) is 0 Å². The van der Waals surface area contributed by atoms with Crippen LogP contribution in [0.3, 0.4) is 0 Å². The lowest BCUT2D eigenvalue weighted by atomic mass is 10.0. The number of carbonyl (C=O) groups excluding carboxylic acids is 1. The first-order chi connectivity index (χ1) is 12.2.